The van der Waals surface area contributed by atoms with Gasteiger partial charge in [0.05, 0.1) is 24.6 Å². The van der Waals surface area contributed by atoms with E-state index >= 15 is 0 Å². The van der Waals surface area contributed by atoms with Crippen LogP contribution in [0.25, 0.3) is 10.6 Å². The lowest BCUT2D eigenvalue weighted by Gasteiger charge is -2.34. The number of aliphatic carboxylic acids is 1. The molecule has 27 heavy (non-hydrogen) atoms. The highest BCUT2D eigenvalue weighted by molar-refractivity contribution is 7.13. The molecule has 1 aromatic carbocycles. The van der Waals surface area contributed by atoms with E-state index in [-0.39, 0.29) is 24.8 Å². The molecule has 1 amide bonds. The minimum absolute atomic E-state index is 0.0589. The quantitative estimate of drug-likeness (QED) is 0.821. The van der Waals surface area contributed by atoms with E-state index in [0.29, 0.717) is 19.6 Å². The number of hydrogen-bond acceptors (Lipinski definition) is 5. The monoisotopic (exact) mass is 388 g/mol. The van der Waals surface area contributed by atoms with E-state index in [1.807, 2.05) is 43.5 Å². The van der Waals surface area contributed by atoms with E-state index in [4.69, 9.17) is 4.74 Å². The van der Waals surface area contributed by atoms with Crippen molar-refractivity contribution in [2.45, 2.75) is 26.7 Å². The highest BCUT2D eigenvalue weighted by Gasteiger charge is 2.31. The number of hydrogen-bond donors (Lipinski definition) is 1. The molecule has 1 saturated heterocycles. The second-order valence-corrected chi connectivity index (χ2v) is 7.81. The van der Waals surface area contributed by atoms with Crippen LogP contribution < -0.4 is 4.74 Å². The highest BCUT2D eigenvalue weighted by Crippen LogP contribution is 2.27. The average molecular weight is 388 g/mol. The molecule has 1 aromatic heterocycles. The van der Waals surface area contributed by atoms with Crippen LogP contribution in [0.5, 0.6) is 5.75 Å². The fourth-order valence-electron chi connectivity index (χ4n) is 3.38. The van der Waals surface area contributed by atoms with Crippen molar-refractivity contribution in [2.24, 2.45) is 11.8 Å². The van der Waals surface area contributed by atoms with Crippen molar-refractivity contribution in [1.82, 2.24) is 9.88 Å². The van der Waals surface area contributed by atoms with Gasteiger partial charge in [-0.25, -0.2) is 4.98 Å². The van der Waals surface area contributed by atoms with Crippen LogP contribution >= 0.6 is 11.3 Å². The Morgan fingerprint density at radius 3 is 2.70 bits per heavy atom. The lowest BCUT2D eigenvalue weighted by molar-refractivity contribution is -0.146. The number of ether oxygens (including phenoxy) is 1. The molecular weight excluding hydrogens is 364 g/mol. The molecule has 2 atom stereocenters. The number of aromatic nitrogens is 1. The van der Waals surface area contributed by atoms with Gasteiger partial charge in [0, 0.05) is 24.0 Å². The molecular formula is C20H24N2O4S. The fraction of sp³-hybridized carbons (Fsp3) is 0.450. The van der Waals surface area contributed by atoms with Gasteiger partial charge in [-0.05, 0) is 43.5 Å². The summed E-state index contributed by atoms with van der Waals surface area (Å²) >= 11 is 1.50. The molecule has 1 N–H and O–H groups in total. The first-order chi connectivity index (χ1) is 13.0. The van der Waals surface area contributed by atoms with Crippen LogP contribution in [-0.2, 0) is 16.0 Å². The maximum absolute atomic E-state index is 12.6. The number of amides is 1. The number of likely N-dealkylation sites (tertiary alicyclic amines) is 1. The molecule has 1 fully saturated rings. The number of rotatable bonds is 6. The predicted octanol–water partition coefficient (Wildman–Crippen LogP) is 3.32. The first-order valence-electron chi connectivity index (χ1n) is 9.14. The van der Waals surface area contributed by atoms with Gasteiger partial charge in [0.15, 0.2) is 0 Å². The Morgan fingerprint density at radius 1 is 1.30 bits per heavy atom. The Labute approximate surface area is 162 Å². The molecule has 3 rings (SSSR count). The van der Waals surface area contributed by atoms with E-state index in [1.165, 1.54) is 11.3 Å². The molecule has 144 valence electrons. The summed E-state index contributed by atoms with van der Waals surface area (Å²) in [6.07, 6.45) is 0.824. The summed E-state index contributed by atoms with van der Waals surface area (Å²) in [5, 5.41) is 12.0. The number of carbonyl (C=O) groups is 2. The number of piperidine rings is 1. The van der Waals surface area contributed by atoms with Gasteiger partial charge in [-0.1, -0.05) is 6.92 Å². The summed E-state index contributed by atoms with van der Waals surface area (Å²) in [6.45, 7) is 5.45. The van der Waals surface area contributed by atoms with E-state index in [0.717, 1.165) is 22.0 Å². The summed E-state index contributed by atoms with van der Waals surface area (Å²) in [4.78, 5) is 30.2. The van der Waals surface area contributed by atoms with Gasteiger partial charge >= 0.3 is 5.97 Å². The first kappa shape index (κ1) is 19.4. The number of carboxylic acid groups (broad SMARTS) is 1. The third-order valence-corrected chi connectivity index (χ3v) is 5.60. The van der Waals surface area contributed by atoms with Crippen LogP contribution in [0.4, 0.5) is 0 Å². The van der Waals surface area contributed by atoms with Crippen LogP contribution in [0.1, 0.15) is 26.0 Å². The van der Waals surface area contributed by atoms with Crippen LogP contribution in [0, 0.1) is 11.8 Å². The fourth-order valence-corrected chi connectivity index (χ4v) is 4.21. The maximum Gasteiger partial charge on any atom is 0.308 e. The number of carbonyl (C=O) groups excluding carboxylic acids is 1. The first-order valence-corrected chi connectivity index (χ1v) is 10.0. The Morgan fingerprint density at radius 2 is 2.04 bits per heavy atom. The van der Waals surface area contributed by atoms with Gasteiger partial charge in [-0.15, -0.1) is 11.3 Å². The SMILES string of the molecule is CCOc1ccc(-c2nc(CC(=O)N3CC(C)CC(C(=O)O)C3)cs2)cc1. The summed E-state index contributed by atoms with van der Waals surface area (Å²) in [5.41, 5.74) is 1.71. The van der Waals surface area contributed by atoms with Crippen LogP contribution in [0.3, 0.4) is 0 Å². The number of thiazole rings is 1. The molecule has 0 aliphatic carbocycles. The molecule has 7 heteroatoms. The van der Waals surface area contributed by atoms with Gasteiger partial charge in [-0.2, -0.15) is 0 Å². The zero-order valence-corrected chi connectivity index (χ0v) is 16.4. The van der Waals surface area contributed by atoms with Crippen LogP contribution in [-0.4, -0.2) is 46.6 Å². The van der Waals surface area contributed by atoms with Crippen molar-refractivity contribution in [3.8, 4) is 16.3 Å². The van der Waals surface area contributed by atoms with Gasteiger partial charge in [-0.3, -0.25) is 9.59 Å². The maximum atomic E-state index is 12.6. The normalized spacial score (nSPS) is 19.7. The third kappa shape index (κ3) is 4.86. The van der Waals surface area contributed by atoms with Gasteiger partial charge < -0.3 is 14.7 Å². The van der Waals surface area contributed by atoms with Crippen molar-refractivity contribution >= 4 is 23.2 Å². The van der Waals surface area contributed by atoms with E-state index in [2.05, 4.69) is 4.98 Å². The molecule has 1 aliphatic rings. The van der Waals surface area contributed by atoms with Crippen LogP contribution in [0.15, 0.2) is 29.6 Å². The molecule has 2 aromatic rings. The van der Waals surface area contributed by atoms with Gasteiger partial charge in [0.2, 0.25) is 5.91 Å². The molecule has 0 bridgehead atoms. The van der Waals surface area contributed by atoms with Crippen molar-refractivity contribution in [1.29, 1.82) is 0 Å². The van der Waals surface area contributed by atoms with Gasteiger partial charge in [0.25, 0.3) is 0 Å². The zero-order chi connectivity index (χ0) is 19.4. The minimum Gasteiger partial charge on any atom is -0.494 e. The predicted molar refractivity (Wildman–Crippen MR) is 104 cm³/mol. The number of benzene rings is 1. The van der Waals surface area contributed by atoms with Gasteiger partial charge in [0.1, 0.15) is 10.8 Å². The van der Waals surface area contributed by atoms with E-state index < -0.39 is 11.9 Å². The summed E-state index contributed by atoms with van der Waals surface area (Å²) < 4.78 is 5.45. The Bertz CT molecular complexity index is 803. The lowest BCUT2D eigenvalue weighted by atomic mass is 9.90. The molecule has 6 nitrogen and oxygen atoms in total. The third-order valence-electron chi connectivity index (χ3n) is 4.66. The summed E-state index contributed by atoms with van der Waals surface area (Å²) in [7, 11) is 0. The largest absolute Gasteiger partial charge is 0.494 e. The smallest absolute Gasteiger partial charge is 0.308 e. The molecule has 0 radical (unpaired) electrons. The second-order valence-electron chi connectivity index (χ2n) is 6.95. The number of nitrogens with zero attached hydrogens (tertiary/aromatic N) is 2. The van der Waals surface area contributed by atoms with Crippen molar-refractivity contribution in [3.05, 3.63) is 35.3 Å². The van der Waals surface area contributed by atoms with Crippen molar-refractivity contribution in [2.75, 3.05) is 19.7 Å². The average Bonchev–Trinajstić information content (AvgIpc) is 3.10. The second kappa shape index (κ2) is 8.52. The van der Waals surface area contributed by atoms with Crippen LogP contribution in [0.2, 0.25) is 0 Å². The minimum atomic E-state index is -0.828. The Balaban J connectivity index is 1.64. The number of carboxylic acids is 1. The molecule has 1 aliphatic heterocycles. The molecule has 2 unspecified atom stereocenters. The van der Waals surface area contributed by atoms with Crippen molar-refractivity contribution in [3.63, 3.8) is 0 Å². The Kier molecular flexibility index (Phi) is 6.11. The van der Waals surface area contributed by atoms with E-state index in [1.54, 1.807) is 4.90 Å². The zero-order valence-electron chi connectivity index (χ0n) is 15.6. The van der Waals surface area contributed by atoms with Crippen molar-refractivity contribution < 1.29 is 19.4 Å². The summed E-state index contributed by atoms with van der Waals surface area (Å²) in [5.74, 6) is -0.353. The highest BCUT2D eigenvalue weighted by atomic mass is 32.1. The Hall–Kier alpha value is -2.41. The lowest BCUT2D eigenvalue weighted by Crippen LogP contribution is -2.46. The standard InChI is InChI=1S/C20H24N2O4S/c1-3-26-17-6-4-14(5-7-17)19-21-16(12-27-19)9-18(23)22-10-13(2)8-15(11-22)20(24)25/h4-7,12-13,15H,3,8-11H2,1-2H3,(H,24,25). The molecule has 0 spiro atoms. The topological polar surface area (TPSA) is 79.7 Å². The summed E-state index contributed by atoms with van der Waals surface area (Å²) in [6, 6.07) is 7.73. The van der Waals surface area contributed by atoms with E-state index in [9.17, 15) is 14.7 Å². The molecule has 2 heterocycles. The molecule has 0 saturated carbocycles.